The van der Waals surface area contributed by atoms with Crippen molar-refractivity contribution < 1.29 is 14.3 Å². The van der Waals surface area contributed by atoms with Crippen molar-refractivity contribution in [2.75, 3.05) is 5.88 Å². The van der Waals surface area contributed by atoms with Crippen molar-refractivity contribution in [1.82, 2.24) is 0 Å². The Morgan fingerprint density at radius 1 is 1.62 bits per heavy atom. The summed E-state index contributed by atoms with van der Waals surface area (Å²) >= 11 is 8.19. The van der Waals surface area contributed by atoms with Gasteiger partial charge in [-0.25, -0.2) is 4.39 Å². The van der Waals surface area contributed by atoms with E-state index in [2.05, 4.69) is 15.9 Å². The molecule has 0 bridgehead atoms. The van der Waals surface area contributed by atoms with Crippen molar-refractivity contribution >= 4 is 33.3 Å². The number of carbonyl (C=O) groups is 1. The molecule has 0 heterocycles. The predicted molar refractivity (Wildman–Crippen MR) is 50.8 cm³/mol. The Labute approximate surface area is 87.5 Å². The molecule has 2 nitrogen and oxygen atoms in total. The van der Waals surface area contributed by atoms with E-state index in [-0.39, 0.29) is 21.7 Å². The summed E-state index contributed by atoms with van der Waals surface area (Å²) in [4.78, 5) is 11.0. The predicted octanol–water partition coefficient (Wildman–Crippen LogP) is 2.72. The highest BCUT2D eigenvalue weighted by molar-refractivity contribution is 9.10. The summed E-state index contributed by atoms with van der Waals surface area (Å²) in [5, 5.41) is 9.02. The van der Waals surface area contributed by atoms with Gasteiger partial charge in [-0.05, 0) is 28.1 Å². The number of aromatic hydroxyl groups is 1. The fourth-order valence-corrected chi connectivity index (χ4v) is 1.39. The van der Waals surface area contributed by atoms with Gasteiger partial charge in [0.2, 0.25) is 0 Å². The van der Waals surface area contributed by atoms with Crippen LogP contribution in [0.25, 0.3) is 0 Å². The monoisotopic (exact) mass is 266 g/mol. The molecule has 1 aromatic rings. The van der Waals surface area contributed by atoms with Gasteiger partial charge in [0, 0.05) is 5.56 Å². The number of Topliss-reactive ketones (excluding diaryl/α,β-unsaturated/α-hetero) is 1. The molecule has 13 heavy (non-hydrogen) atoms. The first-order valence-corrected chi connectivity index (χ1v) is 4.66. The van der Waals surface area contributed by atoms with Gasteiger partial charge < -0.3 is 5.11 Å². The van der Waals surface area contributed by atoms with Gasteiger partial charge in [-0.3, -0.25) is 4.79 Å². The van der Waals surface area contributed by atoms with Crippen molar-refractivity contribution in [3.63, 3.8) is 0 Å². The lowest BCUT2D eigenvalue weighted by atomic mass is 10.1. The molecule has 70 valence electrons. The molecular formula is C8H5BrClFO2. The molecule has 1 aromatic carbocycles. The van der Waals surface area contributed by atoms with Gasteiger partial charge in [0.15, 0.2) is 17.3 Å². The maximum absolute atomic E-state index is 12.9. The van der Waals surface area contributed by atoms with Crippen molar-refractivity contribution in [3.05, 3.63) is 28.0 Å². The third-order valence-electron chi connectivity index (χ3n) is 1.46. The average Bonchev–Trinajstić information content (AvgIpc) is 2.12. The first-order valence-electron chi connectivity index (χ1n) is 3.33. The molecule has 0 saturated carbocycles. The molecule has 0 aromatic heterocycles. The summed E-state index contributed by atoms with van der Waals surface area (Å²) in [6.45, 7) is 0. The highest BCUT2D eigenvalue weighted by atomic mass is 79.9. The van der Waals surface area contributed by atoms with Gasteiger partial charge >= 0.3 is 0 Å². The molecule has 1 N–H and O–H groups in total. The largest absolute Gasteiger partial charge is 0.504 e. The maximum Gasteiger partial charge on any atom is 0.177 e. The van der Waals surface area contributed by atoms with Crippen molar-refractivity contribution in [1.29, 1.82) is 0 Å². The first kappa shape index (κ1) is 10.5. The second-order valence-electron chi connectivity index (χ2n) is 2.35. The lowest BCUT2D eigenvalue weighted by molar-refractivity contribution is 0.102. The fraction of sp³-hybridized carbons (Fsp3) is 0.125. The third-order valence-corrected chi connectivity index (χ3v) is 2.31. The molecule has 1 rings (SSSR count). The van der Waals surface area contributed by atoms with Crippen LogP contribution in [0.4, 0.5) is 4.39 Å². The van der Waals surface area contributed by atoms with Crippen LogP contribution in [0.2, 0.25) is 0 Å². The molecule has 5 heteroatoms. The number of halogens is 3. The van der Waals surface area contributed by atoms with Crippen molar-refractivity contribution in [3.8, 4) is 5.75 Å². The second-order valence-corrected chi connectivity index (χ2v) is 3.47. The summed E-state index contributed by atoms with van der Waals surface area (Å²) < 4.78 is 13.0. The third kappa shape index (κ3) is 2.19. The number of phenols is 1. The van der Waals surface area contributed by atoms with Gasteiger partial charge in [0.25, 0.3) is 0 Å². The van der Waals surface area contributed by atoms with Crippen LogP contribution in [0.3, 0.4) is 0 Å². The molecule has 0 unspecified atom stereocenters. The van der Waals surface area contributed by atoms with Gasteiger partial charge in [-0.1, -0.05) is 0 Å². The van der Waals surface area contributed by atoms with Crippen LogP contribution < -0.4 is 0 Å². The van der Waals surface area contributed by atoms with E-state index in [0.717, 1.165) is 6.07 Å². The summed E-state index contributed by atoms with van der Waals surface area (Å²) in [6, 6.07) is 2.27. The lowest BCUT2D eigenvalue weighted by Gasteiger charge is -2.01. The number of hydrogen-bond donors (Lipinski definition) is 1. The number of rotatable bonds is 2. The van der Waals surface area contributed by atoms with E-state index >= 15 is 0 Å². The van der Waals surface area contributed by atoms with Gasteiger partial charge in [-0.15, -0.1) is 11.6 Å². The highest BCUT2D eigenvalue weighted by Gasteiger charge is 2.11. The molecule has 0 aliphatic rings. The zero-order chi connectivity index (χ0) is 10.0. The van der Waals surface area contributed by atoms with Gasteiger partial charge in [-0.2, -0.15) is 0 Å². The highest BCUT2D eigenvalue weighted by Crippen LogP contribution is 2.28. The van der Waals surface area contributed by atoms with Crippen LogP contribution in [0.1, 0.15) is 10.4 Å². The molecule has 0 radical (unpaired) electrons. The number of phenolic OH excluding ortho intramolecular Hbond substituents is 1. The topological polar surface area (TPSA) is 37.3 Å². The standard InChI is InChI=1S/C8H5BrClFO2/c9-5-1-4(7(12)3-10)2-6(11)8(5)13/h1-2,13H,3H2. The van der Waals surface area contributed by atoms with Crippen LogP contribution in [0.15, 0.2) is 16.6 Å². The van der Waals surface area contributed by atoms with Crippen LogP contribution in [0, 0.1) is 5.82 Å². The molecule has 0 spiro atoms. The summed E-state index contributed by atoms with van der Waals surface area (Å²) in [7, 11) is 0. The number of hydrogen-bond acceptors (Lipinski definition) is 2. The number of carbonyl (C=O) groups excluding carboxylic acids is 1. The van der Waals surface area contributed by atoms with Crippen molar-refractivity contribution in [2.24, 2.45) is 0 Å². The number of ketones is 1. The maximum atomic E-state index is 12.9. The Morgan fingerprint density at radius 2 is 2.23 bits per heavy atom. The number of benzene rings is 1. The van der Waals surface area contributed by atoms with Gasteiger partial charge in [0.1, 0.15) is 0 Å². The fourth-order valence-electron chi connectivity index (χ4n) is 0.804. The number of alkyl halides is 1. The Kier molecular flexibility index (Phi) is 3.27. The first-order chi connectivity index (χ1) is 6.06. The Morgan fingerprint density at radius 3 is 2.69 bits per heavy atom. The summed E-state index contributed by atoms with van der Waals surface area (Å²) in [6.07, 6.45) is 0. The molecule has 0 atom stereocenters. The molecule has 0 aliphatic carbocycles. The minimum Gasteiger partial charge on any atom is -0.504 e. The second kappa shape index (κ2) is 4.07. The van der Waals surface area contributed by atoms with Gasteiger partial charge in [0.05, 0.1) is 10.4 Å². The normalized spacial score (nSPS) is 10.1. The molecule has 0 fully saturated rings. The van der Waals surface area contributed by atoms with Crippen LogP contribution in [-0.2, 0) is 0 Å². The summed E-state index contributed by atoms with van der Waals surface area (Å²) in [5.74, 6) is -1.95. The smallest absolute Gasteiger partial charge is 0.177 e. The molecule has 0 amide bonds. The van der Waals surface area contributed by atoms with E-state index in [9.17, 15) is 9.18 Å². The Hall–Kier alpha value is -0.610. The van der Waals surface area contributed by atoms with E-state index in [1.807, 2.05) is 0 Å². The van der Waals surface area contributed by atoms with E-state index < -0.39 is 11.6 Å². The zero-order valence-electron chi connectivity index (χ0n) is 6.35. The van der Waals surface area contributed by atoms with Crippen LogP contribution in [-0.4, -0.2) is 16.8 Å². The molecule has 0 aliphatic heterocycles. The Balaban J connectivity index is 3.20. The molecule has 0 saturated heterocycles. The minimum atomic E-state index is -0.845. The van der Waals surface area contributed by atoms with Crippen LogP contribution in [0.5, 0.6) is 5.75 Å². The van der Waals surface area contributed by atoms with E-state index in [4.69, 9.17) is 16.7 Å². The van der Waals surface area contributed by atoms with E-state index in [1.54, 1.807) is 0 Å². The SMILES string of the molecule is O=C(CCl)c1cc(F)c(O)c(Br)c1. The zero-order valence-corrected chi connectivity index (χ0v) is 8.69. The quantitative estimate of drug-likeness (QED) is 0.661. The lowest BCUT2D eigenvalue weighted by Crippen LogP contribution is -2.00. The average molecular weight is 267 g/mol. The Bertz CT molecular complexity index is 331. The molecular weight excluding hydrogens is 262 g/mol. The van der Waals surface area contributed by atoms with E-state index in [1.165, 1.54) is 6.07 Å². The summed E-state index contributed by atoms with van der Waals surface area (Å²) in [5.41, 5.74) is 0.136. The van der Waals surface area contributed by atoms with E-state index in [0.29, 0.717) is 0 Å². The van der Waals surface area contributed by atoms with Crippen molar-refractivity contribution in [2.45, 2.75) is 0 Å². The van der Waals surface area contributed by atoms with Crippen LogP contribution >= 0.6 is 27.5 Å². The minimum absolute atomic E-state index is 0.136.